The molecule has 2 rings (SSSR count). The number of hydrogen-bond donors (Lipinski definition) is 2. The van der Waals surface area contributed by atoms with Crippen molar-refractivity contribution in [3.63, 3.8) is 0 Å². The molecule has 5 heteroatoms. The van der Waals surface area contributed by atoms with Crippen molar-refractivity contribution in [2.24, 2.45) is 5.73 Å². The minimum atomic E-state index is -0.128. The van der Waals surface area contributed by atoms with Crippen molar-refractivity contribution in [2.45, 2.75) is 6.54 Å². The molecule has 4 nitrogen and oxygen atoms in total. The van der Waals surface area contributed by atoms with Crippen LogP contribution >= 0.6 is 11.3 Å². The SMILES string of the molecule is COc1cccc(C(=O)NCc2ccc(C#CCN)s2)c1. The van der Waals surface area contributed by atoms with Gasteiger partial charge < -0.3 is 15.8 Å². The number of carbonyl (C=O) groups excluding carboxylic acids is 1. The molecule has 0 saturated heterocycles. The molecule has 0 atom stereocenters. The molecular formula is C16H16N2O2S. The fourth-order valence-electron chi connectivity index (χ4n) is 1.71. The molecule has 0 radical (unpaired) electrons. The van der Waals surface area contributed by atoms with Crippen LogP contribution in [0.4, 0.5) is 0 Å². The highest BCUT2D eigenvalue weighted by molar-refractivity contribution is 7.12. The lowest BCUT2D eigenvalue weighted by Crippen LogP contribution is -2.22. The van der Waals surface area contributed by atoms with Crippen LogP contribution in [0.15, 0.2) is 36.4 Å². The second-order valence-electron chi connectivity index (χ2n) is 4.19. The van der Waals surface area contributed by atoms with E-state index in [2.05, 4.69) is 17.2 Å². The molecule has 0 fully saturated rings. The lowest BCUT2D eigenvalue weighted by molar-refractivity contribution is 0.0951. The number of nitrogens with one attached hydrogen (secondary N) is 1. The van der Waals surface area contributed by atoms with Gasteiger partial charge >= 0.3 is 0 Å². The van der Waals surface area contributed by atoms with Gasteiger partial charge in [-0.15, -0.1) is 11.3 Å². The molecule has 0 bridgehead atoms. The molecule has 0 aliphatic heterocycles. The monoisotopic (exact) mass is 300 g/mol. The molecule has 0 unspecified atom stereocenters. The van der Waals surface area contributed by atoms with Gasteiger partial charge in [-0.25, -0.2) is 0 Å². The summed E-state index contributed by atoms with van der Waals surface area (Å²) in [5, 5.41) is 2.88. The van der Waals surface area contributed by atoms with Gasteiger partial charge in [0, 0.05) is 10.4 Å². The molecular weight excluding hydrogens is 284 g/mol. The molecule has 3 N–H and O–H groups in total. The molecule has 21 heavy (non-hydrogen) atoms. The summed E-state index contributed by atoms with van der Waals surface area (Å²) >= 11 is 1.55. The largest absolute Gasteiger partial charge is 0.497 e. The minimum absolute atomic E-state index is 0.128. The van der Waals surface area contributed by atoms with Gasteiger partial charge in [0.2, 0.25) is 0 Å². The first-order valence-electron chi connectivity index (χ1n) is 6.43. The average molecular weight is 300 g/mol. The Balaban J connectivity index is 1.95. The third kappa shape index (κ3) is 4.35. The summed E-state index contributed by atoms with van der Waals surface area (Å²) in [5.74, 6) is 6.32. The lowest BCUT2D eigenvalue weighted by Gasteiger charge is -2.05. The Morgan fingerprint density at radius 2 is 2.24 bits per heavy atom. The van der Waals surface area contributed by atoms with Gasteiger partial charge in [-0.05, 0) is 30.3 Å². The van der Waals surface area contributed by atoms with Crippen LogP contribution in [-0.2, 0) is 6.54 Å². The number of carbonyl (C=O) groups is 1. The number of benzene rings is 1. The van der Waals surface area contributed by atoms with Gasteiger partial charge in [-0.2, -0.15) is 0 Å². The number of thiophene rings is 1. The van der Waals surface area contributed by atoms with Gasteiger partial charge in [0.15, 0.2) is 0 Å². The van der Waals surface area contributed by atoms with Crippen LogP contribution in [-0.4, -0.2) is 19.6 Å². The first kappa shape index (κ1) is 15.1. The molecule has 0 spiro atoms. The Kier molecular flexibility index (Phi) is 5.38. The zero-order valence-electron chi connectivity index (χ0n) is 11.7. The third-order valence-electron chi connectivity index (χ3n) is 2.73. The maximum absolute atomic E-state index is 12.1. The molecule has 0 aliphatic carbocycles. The predicted octanol–water partition coefficient (Wildman–Crippen LogP) is 2.00. The molecule has 1 aromatic heterocycles. The van der Waals surface area contributed by atoms with E-state index in [1.165, 1.54) is 0 Å². The topological polar surface area (TPSA) is 64.3 Å². The van der Waals surface area contributed by atoms with Crippen LogP contribution in [0, 0.1) is 11.8 Å². The van der Waals surface area contributed by atoms with Crippen LogP contribution in [0.5, 0.6) is 5.75 Å². The number of methoxy groups -OCH3 is 1. The molecule has 1 heterocycles. The number of amides is 1. The van der Waals surface area contributed by atoms with Crippen LogP contribution in [0.2, 0.25) is 0 Å². The van der Waals surface area contributed by atoms with Crippen molar-refractivity contribution in [3.05, 3.63) is 51.7 Å². The third-order valence-corrected chi connectivity index (χ3v) is 3.73. The summed E-state index contributed by atoms with van der Waals surface area (Å²) in [6, 6.07) is 10.9. The molecule has 0 aliphatic rings. The van der Waals surface area contributed by atoms with Crippen LogP contribution in [0.25, 0.3) is 0 Å². The second kappa shape index (κ2) is 7.48. The summed E-state index contributed by atoms with van der Waals surface area (Å²) < 4.78 is 5.11. The zero-order chi connectivity index (χ0) is 15.1. The number of ether oxygens (including phenoxy) is 1. The summed E-state index contributed by atoms with van der Waals surface area (Å²) in [7, 11) is 1.58. The smallest absolute Gasteiger partial charge is 0.251 e. The standard InChI is InChI=1S/C16H16N2O2S/c1-20-13-5-2-4-12(10-13)16(19)18-11-15-8-7-14(21-15)6-3-9-17/h2,4-5,7-8,10H,9,11,17H2,1H3,(H,18,19). The van der Waals surface area contributed by atoms with Crippen molar-refractivity contribution in [2.75, 3.05) is 13.7 Å². The van der Waals surface area contributed by atoms with Crippen LogP contribution in [0.3, 0.4) is 0 Å². The molecule has 1 aromatic carbocycles. The van der Waals surface area contributed by atoms with Crippen LogP contribution < -0.4 is 15.8 Å². The normalized spacial score (nSPS) is 9.62. The van der Waals surface area contributed by atoms with E-state index in [0.717, 1.165) is 9.75 Å². The fourth-order valence-corrected chi connectivity index (χ4v) is 2.53. The van der Waals surface area contributed by atoms with Crippen molar-refractivity contribution < 1.29 is 9.53 Å². The van der Waals surface area contributed by atoms with Gasteiger partial charge in [0.1, 0.15) is 5.75 Å². The van der Waals surface area contributed by atoms with Crippen molar-refractivity contribution in [1.29, 1.82) is 0 Å². The second-order valence-corrected chi connectivity index (χ2v) is 5.35. The Hall–Kier alpha value is -2.29. The minimum Gasteiger partial charge on any atom is -0.497 e. The number of nitrogens with two attached hydrogens (primary N) is 1. The predicted molar refractivity (Wildman–Crippen MR) is 84.4 cm³/mol. The molecule has 108 valence electrons. The van der Waals surface area contributed by atoms with E-state index in [0.29, 0.717) is 24.4 Å². The van der Waals surface area contributed by atoms with E-state index < -0.39 is 0 Å². The fraction of sp³-hybridized carbons (Fsp3) is 0.188. The Morgan fingerprint density at radius 1 is 1.38 bits per heavy atom. The molecule has 2 aromatic rings. The summed E-state index contributed by atoms with van der Waals surface area (Å²) in [6.45, 7) is 0.824. The van der Waals surface area contributed by atoms with Gasteiger partial charge in [0.05, 0.1) is 25.1 Å². The van der Waals surface area contributed by atoms with Crippen molar-refractivity contribution in [3.8, 4) is 17.6 Å². The zero-order valence-corrected chi connectivity index (χ0v) is 12.5. The van der Waals surface area contributed by atoms with Crippen molar-refractivity contribution >= 4 is 17.2 Å². The first-order chi connectivity index (χ1) is 10.2. The Bertz CT molecular complexity index is 683. The van der Waals surface area contributed by atoms with E-state index in [4.69, 9.17) is 10.5 Å². The highest BCUT2D eigenvalue weighted by Crippen LogP contribution is 2.16. The van der Waals surface area contributed by atoms with Gasteiger partial charge in [-0.1, -0.05) is 17.9 Å². The van der Waals surface area contributed by atoms with Gasteiger partial charge in [0.25, 0.3) is 5.91 Å². The van der Waals surface area contributed by atoms with E-state index in [-0.39, 0.29) is 5.91 Å². The summed E-state index contributed by atoms with van der Waals surface area (Å²) in [4.78, 5) is 14.1. The van der Waals surface area contributed by atoms with Crippen molar-refractivity contribution in [1.82, 2.24) is 5.32 Å². The lowest BCUT2D eigenvalue weighted by atomic mass is 10.2. The summed E-state index contributed by atoms with van der Waals surface area (Å²) in [6.07, 6.45) is 0. The van der Waals surface area contributed by atoms with Crippen LogP contribution in [0.1, 0.15) is 20.1 Å². The van der Waals surface area contributed by atoms with E-state index in [1.54, 1.807) is 42.7 Å². The molecule has 0 saturated carbocycles. The maximum atomic E-state index is 12.1. The van der Waals surface area contributed by atoms with E-state index in [9.17, 15) is 4.79 Å². The van der Waals surface area contributed by atoms with E-state index >= 15 is 0 Å². The number of hydrogen-bond acceptors (Lipinski definition) is 4. The maximum Gasteiger partial charge on any atom is 0.251 e. The highest BCUT2D eigenvalue weighted by Gasteiger charge is 2.07. The van der Waals surface area contributed by atoms with Gasteiger partial charge in [-0.3, -0.25) is 4.79 Å². The average Bonchev–Trinajstić information content (AvgIpc) is 2.98. The summed E-state index contributed by atoms with van der Waals surface area (Å²) in [5.41, 5.74) is 5.91. The quantitative estimate of drug-likeness (QED) is 0.849. The van der Waals surface area contributed by atoms with E-state index in [1.807, 2.05) is 12.1 Å². The highest BCUT2D eigenvalue weighted by atomic mass is 32.1. The number of rotatable bonds is 4. The molecule has 1 amide bonds. The first-order valence-corrected chi connectivity index (χ1v) is 7.24. The Labute approximate surface area is 127 Å². The Morgan fingerprint density at radius 3 is 3.00 bits per heavy atom.